The van der Waals surface area contributed by atoms with E-state index in [1.54, 1.807) is 0 Å². The zero-order chi connectivity index (χ0) is 14.7. The molecule has 0 saturated carbocycles. The molecule has 0 aliphatic heterocycles. The van der Waals surface area contributed by atoms with Crippen molar-refractivity contribution in [3.63, 3.8) is 0 Å². The molecule has 0 amide bonds. The smallest absolute Gasteiger partial charge is 0.161 e. The van der Waals surface area contributed by atoms with Crippen molar-refractivity contribution in [1.82, 2.24) is 9.97 Å². The normalized spacial score (nSPS) is 10.3. The van der Waals surface area contributed by atoms with Crippen LogP contribution in [0.4, 0.5) is 17.2 Å². The molecule has 3 N–H and O–H groups in total. The average Bonchev–Trinajstić information content (AvgIpc) is 2.50. The molecule has 0 radical (unpaired) electrons. The molecule has 0 saturated heterocycles. The number of hydrogen-bond acceptors (Lipinski definition) is 4. The van der Waals surface area contributed by atoms with Crippen LogP contribution in [0, 0.1) is 6.92 Å². The van der Waals surface area contributed by atoms with E-state index in [1.165, 1.54) is 0 Å². The van der Waals surface area contributed by atoms with Crippen LogP contribution in [-0.2, 0) is 0 Å². The van der Waals surface area contributed by atoms with Gasteiger partial charge in [-0.15, -0.1) is 0 Å². The van der Waals surface area contributed by atoms with Crippen molar-refractivity contribution in [2.24, 2.45) is 0 Å². The van der Waals surface area contributed by atoms with E-state index in [-0.39, 0.29) is 0 Å². The van der Waals surface area contributed by atoms with E-state index in [9.17, 15) is 0 Å². The van der Waals surface area contributed by atoms with Crippen molar-refractivity contribution < 1.29 is 0 Å². The molecule has 0 unspecified atom stereocenters. The minimum Gasteiger partial charge on any atom is -0.399 e. The number of nitrogen functional groups attached to an aromatic ring is 1. The van der Waals surface area contributed by atoms with E-state index in [0.717, 1.165) is 22.6 Å². The zero-order valence-electron chi connectivity index (χ0n) is 11.7. The maximum atomic E-state index is 5.82. The molecule has 4 nitrogen and oxygen atoms in total. The van der Waals surface area contributed by atoms with Crippen molar-refractivity contribution in [2.45, 2.75) is 6.92 Å². The van der Waals surface area contributed by atoms with Gasteiger partial charge in [-0.05, 0) is 31.2 Å². The molecular formula is C17H16N4. The summed E-state index contributed by atoms with van der Waals surface area (Å²) in [4.78, 5) is 8.99. The van der Waals surface area contributed by atoms with Gasteiger partial charge in [0.1, 0.15) is 5.82 Å². The molecule has 0 aliphatic carbocycles. The van der Waals surface area contributed by atoms with Gasteiger partial charge in [-0.1, -0.05) is 30.3 Å². The first-order valence-corrected chi connectivity index (χ1v) is 6.74. The van der Waals surface area contributed by atoms with Gasteiger partial charge in [0.2, 0.25) is 0 Å². The van der Waals surface area contributed by atoms with Crippen molar-refractivity contribution in [3.8, 4) is 11.4 Å². The highest BCUT2D eigenvalue weighted by molar-refractivity contribution is 5.65. The highest BCUT2D eigenvalue weighted by Crippen LogP contribution is 2.22. The molecule has 4 heteroatoms. The topological polar surface area (TPSA) is 63.8 Å². The predicted molar refractivity (Wildman–Crippen MR) is 86.3 cm³/mol. The first kappa shape index (κ1) is 13.1. The number of hydrogen-bond donors (Lipinski definition) is 2. The van der Waals surface area contributed by atoms with Crippen LogP contribution in [0.2, 0.25) is 0 Å². The summed E-state index contributed by atoms with van der Waals surface area (Å²) in [6.45, 7) is 1.98. The highest BCUT2D eigenvalue weighted by Gasteiger charge is 2.06. The number of anilines is 3. The summed E-state index contributed by atoms with van der Waals surface area (Å²) in [5.41, 5.74) is 9.42. The minimum absolute atomic E-state index is 0.659. The van der Waals surface area contributed by atoms with Gasteiger partial charge in [-0.2, -0.15) is 0 Å². The van der Waals surface area contributed by atoms with E-state index < -0.39 is 0 Å². The number of aryl methyl sites for hydroxylation is 1. The van der Waals surface area contributed by atoms with Crippen LogP contribution in [0.1, 0.15) is 5.56 Å². The Kier molecular flexibility index (Phi) is 3.51. The Hall–Kier alpha value is -2.88. The van der Waals surface area contributed by atoms with Crippen LogP contribution in [0.15, 0.2) is 60.8 Å². The Morgan fingerprint density at radius 1 is 1.00 bits per heavy atom. The third kappa shape index (κ3) is 3.00. The summed E-state index contributed by atoms with van der Waals surface area (Å²) >= 11 is 0. The highest BCUT2D eigenvalue weighted by atomic mass is 15.0. The van der Waals surface area contributed by atoms with Crippen LogP contribution < -0.4 is 11.1 Å². The molecule has 3 rings (SSSR count). The lowest BCUT2D eigenvalue weighted by Gasteiger charge is -2.10. The van der Waals surface area contributed by atoms with Gasteiger partial charge in [0.25, 0.3) is 0 Å². The number of nitrogens with zero attached hydrogens (tertiary/aromatic N) is 2. The number of aromatic nitrogens is 2. The number of nitrogens with two attached hydrogens (primary N) is 1. The van der Waals surface area contributed by atoms with E-state index in [1.807, 2.05) is 67.7 Å². The molecule has 3 aromatic rings. The monoisotopic (exact) mass is 276 g/mol. The fourth-order valence-corrected chi connectivity index (χ4v) is 2.04. The second-order valence-corrected chi connectivity index (χ2v) is 4.84. The quantitative estimate of drug-likeness (QED) is 0.715. The van der Waals surface area contributed by atoms with Crippen LogP contribution in [0.3, 0.4) is 0 Å². The summed E-state index contributed by atoms with van der Waals surface area (Å²) in [7, 11) is 0. The molecular weight excluding hydrogens is 260 g/mol. The molecule has 2 aromatic carbocycles. The second-order valence-electron chi connectivity index (χ2n) is 4.84. The lowest BCUT2D eigenvalue weighted by molar-refractivity contribution is 1.14. The third-order valence-corrected chi connectivity index (χ3v) is 3.15. The van der Waals surface area contributed by atoms with Crippen LogP contribution in [-0.4, -0.2) is 9.97 Å². The molecule has 0 atom stereocenters. The van der Waals surface area contributed by atoms with Gasteiger partial charge >= 0.3 is 0 Å². The fraction of sp³-hybridized carbons (Fsp3) is 0.0588. The number of rotatable bonds is 3. The second kappa shape index (κ2) is 5.63. The van der Waals surface area contributed by atoms with Gasteiger partial charge in [-0.25, -0.2) is 9.97 Å². The molecule has 0 bridgehead atoms. The summed E-state index contributed by atoms with van der Waals surface area (Å²) < 4.78 is 0. The molecule has 21 heavy (non-hydrogen) atoms. The SMILES string of the molecule is Cc1cnc(-c2cccc(N)c2)nc1Nc1ccccc1. The average molecular weight is 276 g/mol. The van der Waals surface area contributed by atoms with Crippen molar-refractivity contribution in [2.75, 3.05) is 11.1 Å². The Balaban J connectivity index is 1.97. The standard InChI is InChI=1S/C17H16N4/c1-12-11-19-17(13-6-5-7-14(18)10-13)21-16(12)20-15-8-3-2-4-9-15/h2-11H,18H2,1H3,(H,19,20,21). The number of nitrogens with one attached hydrogen (secondary N) is 1. The van der Waals surface area contributed by atoms with E-state index in [0.29, 0.717) is 11.5 Å². The van der Waals surface area contributed by atoms with Gasteiger partial charge < -0.3 is 11.1 Å². The first-order valence-electron chi connectivity index (χ1n) is 6.74. The number of benzene rings is 2. The minimum atomic E-state index is 0.659. The Bertz CT molecular complexity index is 754. The maximum Gasteiger partial charge on any atom is 0.161 e. The largest absolute Gasteiger partial charge is 0.399 e. The van der Waals surface area contributed by atoms with E-state index >= 15 is 0 Å². The zero-order valence-corrected chi connectivity index (χ0v) is 11.7. The molecule has 1 aromatic heterocycles. The Morgan fingerprint density at radius 3 is 2.57 bits per heavy atom. The first-order chi connectivity index (χ1) is 10.2. The Morgan fingerprint density at radius 2 is 1.81 bits per heavy atom. The van der Waals surface area contributed by atoms with Crippen molar-refractivity contribution in [1.29, 1.82) is 0 Å². The van der Waals surface area contributed by atoms with Crippen LogP contribution in [0.25, 0.3) is 11.4 Å². The molecule has 0 spiro atoms. The van der Waals surface area contributed by atoms with Crippen LogP contribution >= 0.6 is 0 Å². The lowest BCUT2D eigenvalue weighted by Crippen LogP contribution is -2.00. The molecule has 1 heterocycles. The van der Waals surface area contributed by atoms with Crippen molar-refractivity contribution >= 4 is 17.2 Å². The maximum absolute atomic E-state index is 5.82. The molecule has 104 valence electrons. The van der Waals surface area contributed by atoms with E-state index in [2.05, 4.69) is 15.3 Å². The van der Waals surface area contributed by atoms with Gasteiger partial charge in [-0.3, -0.25) is 0 Å². The predicted octanol–water partition coefficient (Wildman–Crippen LogP) is 3.78. The van der Waals surface area contributed by atoms with E-state index in [4.69, 9.17) is 5.73 Å². The number of para-hydroxylation sites is 1. The summed E-state index contributed by atoms with van der Waals surface area (Å²) in [5.74, 6) is 1.46. The molecule has 0 fully saturated rings. The van der Waals surface area contributed by atoms with Gasteiger partial charge in [0.15, 0.2) is 5.82 Å². The van der Waals surface area contributed by atoms with Crippen molar-refractivity contribution in [3.05, 3.63) is 66.4 Å². The molecule has 0 aliphatic rings. The van der Waals surface area contributed by atoms with Gasteiger partial charge in [0, 0.05) is 28.7 Å². The third-order valence-electron chi connectivity index (χ3n) is 3.15. The fourth-order valence-electron chi connectivity index (χ4n) is 2.04. The van der Waals surface area contributed by atoms with Crippen LogP contribution in [0.5, 0.6) is 0 Å². The summed E-state index contributed by atoms with van der Waals surface area (Å²) in [6.07, 6.45) is 1.82. The lowest BCUT2D eigenvalue weighted by atomic mass is 10.2. The van der Waals surface area contributed by atoms with Gasteiger partial charge in [0.05, 0.1) is 0 Å². The summed E-state index contributed by atoms with van der Waals surface area (Å²) in [5, 5.41) is 3.31. The Labute approximate surface area is 123 Å². The summed E-state index contributed by atoms with van der Waals surface area (Å²) in [6, 6.07) is 17.5.